The molecule has 6 heteroatoms. The minimum absolute atomic E-state index is 0.0770. The van der Waals surface area contributed by atoms with Crippen LogP contribution in [0.4, 0.5) is 0 Å². The number of carbonyl (C=O) groups is 1. The van der Waals surface area contributed by atoms with Crippen LogP contribution in [0.2, 0.25) is 0 Å². The van der Waals surface area contributed by atoms with Gasteiger partial charge in [-0.25, -0.2) is 0 Å². The molecule has 2 N–H and O–H groups in total. The molecule has 0 spiro atoms. The molecule has 0 aliphatic carbocycles. The van der Waals surface area contributed by atoms with Crippen molar-refractivity contribution in [3.05, 3.63) is 12.7 Å². The highest BCUT2D eigenvalue weighted by Crippen LogP contribution is 1.95. The van der Waals surface area contributed by atoms with Crippen molar-refractivity contribution in [2.75, 3.05) is 53.5 Å². The highest BCUT2D eigenvalue weighted by Gasteiger charge is 2.14. The first-order chi connectivity index (χ1) is 8.45. The summed E-state index contributed by atoms with van der Waals surface area (Å²) in [5, 5.41) is 18.5. The number of aliphatic carboxylic acids is 1. The first kappa shape index (κ1) is 17.1. The molecule has 6 nitrogen and oxygen atoms in total. The lowest BCUT2D eigenvalue weighted by Gasteiger charge is -2.24. The van der Waals surface area contributed by atoms with Gasteiger partial charge in [-0.05, 0) is 14.1 Å². The van der Waals surface area contributed by atoms with E-state index in [4.69, 9.17) is 9.84 Å². The van der Waals surface area contributed by atoms with Crippen LogP contribution in [-0.2, 0) is 9.53 Å². The predicted octanol–water partition coefficient (Wildman–Crippen LogP) is -0.502. The molecule has 1 atom stereocenters. The normalized spacial score (nSPS) is 12.9. The van der Waals surface area contributed by atoms with Gasteiger partial charge in [0.15, 0.2) is 0 Å². The third-order valence-corrected chi connectivity index (χ3v) is 2.24. The van der Waals surface area contributed by atoms with Crippen molar-refractivity contribution in [2.45, 2.75) is 6.10 Å². The van der Waals surface area contributed by atoms with E-state index in [1.807, 2.05) is 19.0 Å². The van der Waals surface area contributed by atoms with E-state index < -0.39 is 12.1 Å². The van der Waals surface area contributed by atoms with Crippen LogP contribution in [0.25, 0.3) is 0 Å². The van der Waals surface area contributed by atoms with Crippen LogP contribution < -0.4 is 0 Å². The summed E-state index contributed by atoms with van der Waals surface area (Å²) in [6.45, 7) is 5.62. The molecule has 0 aromatic rings. The van der Waals surface area contributed by atoms with E-state index in [0.29, 0.717) is 13.2 Å². The summed E-state index contributed by atoms with van der Waals surface area (Å²) in [5.41, 5.74) is 0. The van der Waals surface area contributed by atoms with Gasteiger partial charge >= 0.3 is 5.97 Å². The molecule has 0 saturated carbocycles. The van der Waals surface area contributed by atoms with Gasteiger partial charge in [0.05, 0.1) is 25.9 Å². The molecule has 0 fully saturated rings. The average Bonchev–Trinajstić information content (AvgIpc) is 2.25. The lowest BCUT2D eigenvalue weighted by Crippen LogP contribution is -2.41. The first-order valence-electron chi connectivity index (χ1n) is 5.91. The average molecular weight is 260 g/mol. The number of likely N-dealkylation sites (N-methyl/N-ethyl adjacent to an activating group) is 1. The van der Waals surface area contributed by atoms with Gasteiger partial charge in [0, 0.05) is 19.6 Å². The highest BCUT2D eigenvalue weighted by atomic mass is 16.5. The van der Waals surface area contributed by atoms with Crippen LogP contribution in [0.1, 0.15) is 0 Å². The number of nitrogens with zero attached hydrogens (tertiary/aromatic N) is 2. The molecular formula is C12H24N2O4. The van der Waals surface area contributed by atoms with E-state index in [1.165, 1.54) is 0 Å². The lowest BCUT2D eigenvalue weighted by molar-refractivity contribution is -0.138. The maximum atomic E-state index is 10.7. The van der Waals surface area contributed by atoms with Crippen molar-refractivity contribution in [1.29, 1.82) is 0 Å². The fraction of sp³-hybridized carbons (Fsp3) is 0.750. The lowest BCUT2D eigenvalue weighted by atomic mass is 10.3. The Kier molecular flexibility index (Phi) is 9.49. The molecule has 0 rings (SSSR count). The second-order valence-electron chi connectivity index (χ2n) is 4.41. The SMILES string of the molecule is C=CCOCC(O)CN(CCN(C)C)CC(=O)O. The first-order valence-corrected chi connectivity index (χ1v) is 5.91. The maximum Gasteiger partial charge on any atom is 0.317 e. The largest absolute Gasteiger partial charge is 0.480 e. The molecule has 106 valence electrons. The topological polar surface area (TPSA) is 73.2 Å². The molecule has 0 aromatic carbocycles. The second-order valence-corrected chi connectivity index (χ2v) is 4.41. The summed E-state index contributed by atoms with van der Waals surface area (Å²) in [6, 6.07) is 0. The Morgan fingerprint density at radius 1 is 1.44 bits per heavy atom. The van der Waals surface area contributed by atoms with Gasteiger partial charge < -0.3 is 19.8 Å². The van der Waals surface area contributed by atoms with Crippen molar-refractivity contribution in [3.8, 4) is 0 Å². The van der Waals surface area contributed by atoms with Crippen LogP contribution in [0.3, 0.4) is 0 Å². The third kappa shape index (κ3) is 10.2. The molecule has 0 heterocycles. The summed E-state index contributed by atoms with van der Waals surface area (Å²) >= 11 is 0. The highest BCUT2D eigenvalue weighted by molar-refractivity contribution is 5.69. The third-order valence-electron chi connectivity index (χ3n) is 2.24. The zero-order valence-electron chi connectivity index (χ0n) is 11.2. The molecular weight excluding hydrogens is 236 g/mol. The van der Waals surface area contributed by atoms with Gasteiger partial charge in [-0.15, -0.1) is 6.58 Å². The van der Waals surface area contributed by atoms with E-state index in [-0.39, 0.29) is 19.7 Å². The molecule has 0 aliphatic rings. The summed E-state index contributed by atoms with van der Waals surface area (Å²) in [5.74, 6) is -0.895. The Morgan fingerprint density at radius 2 is 2.11 bits per heavy atom. The van der Waals surface area contributed by atoms with Gasteiger partial charge in [0.25, 0.3) is 0 Å². The quantitative estimate of drug-likeness (QED) is 0.385. The number of aliphatic hydroxyl groups excluding tert-OH is 1. The number of rotatable bonds is 11. The number of carboxylic acids is 1. The maximum absolute atomic E-state index is 10.7. The number of hydrogen-bond acceptors (Lipinski definition) is 5. The molecule has 0 aliphatic heterocycles. The smallest absolute Gasteiger partial charge is 0.317 e. The van der Waals surface area contributed by atoms with Crippen LogP contribution in [0, 0.1) is 0 Å². The van der Waals surface area contributed by atoms with E-state index in [0.717, 1.165) is 6.54 Å². The number of carboxylic acid groups (broad SMARTS) is 1. The van der Waals surface area contributed by atoms with Gasteiger partial charge in [-0.2, -0.15) is 0 Å². The van der Waals surface area contributed by atoms with Gasteiger partial charge in [-0.3, -0.25) is 9.69 Å². The van der Waals surface area contributed by atoms with Crippen molar-refractivity contribution < 1.29 is 19.7 Å². The molecule has 0 saturated heterocycles. The molecule has 0 aromatic heterocycles. The summed E-state index contributed by atoms with van der Waals surface area (Å²) in [6.07, 6.45) is 0.916. The summed E-state index contributed by atoms with van der Waals surface area (Å²) < 4.78 is 5.12. The van der Waals surface area contributed by atoms with Crippen LogP contribution in [0.15, 0.2) is 12.7 Å². The van der Waals surface area contributed by atoms with Crippen LogP contribution in [0.5, 0.6) is 0 Å². The summed E-state index contributed by atoms with van der Waals surface area (Å²) in [4.78, 5) is 14.4. The number of ether oxygens (including phenoxy) is 1. The zero-order chi connectivity index (χ0) is 14.0. The Morgan fingerprint density at radius 3 is 2.61 bits per heavy atom. The van der Waals surface area contributed by atoms with E-state index in [2.05, 4.69) is 6.58 Å². The number of aliphatic hydroxyl groups is 1. The zero-order valence-corrected chi connectivity index (χ0v) is 11.2. The minimum atomic E-state index is -0.895. The van der Waals surface area contributed by atoms with Crippen molar-refractivity contribution >= 4 is 5.97 Å². The van der Waals surface area contributed by atoms with Crippen molar-refractivity contribution in [2.24, 2.45) is 0 Å². The van der Waals surface area contributed by atoms with Crippen LogP contribution >= 0.6 is 0 Å². The van der Waals surface area contributed by atoms with Crippen molar-refractivity contribution in [3.63, 3.8) is 0 Å². The number of hydrogen-bond donors (Lipinski definition) is 2. The summed E-state index contributed by atoms with van der Waals surface area (Å²) in [7, 11) is 3.84. The van der Waals surface area contributed by atoms with Crippen LogP contribution in [-0.4, -0.2) is 85.6 Å². The molecule has 0 radical (unpaired) electrons. The van der Waals surface area contributed by atoms with E-state index >= 15 is 0 Å². The fourth-order valence-electron chi connectivity index (χ4n) is 1.41. The monoisotopic (exact) mass is 260 g/mol. The van der Waals surface area contributed by atoms with Gasteiger partial charge in [-0.1, -0.05) is 6.08 Å². The Labute approximate surface area is 108 Å². The predicted molar refractivity (Wildman–Crippen MR) is 69.7 cm³/mol. The standard InChI is InChI=1S/C12H24N2O4/c1-4-7-18-10-11(15)8-14(9-12(16)17)6-5-13(2)3/h4,11,15H,1,5-10H2,2-3H3,(H,16,17). The second kappa shape index (κ2) is 10.0. The van der Waals surface area contributed by atoms with E-state index in [9.17, 15) is 9.90 Å². The fourth-order valence-corrected chi connectivity index (χ4v) is 1.41. The molecule has 18 heavy (non-hydrogen) atoms. The van der Waals surface area contributed by atoms with E-state index in [1.54, 1.807) is 11.0 Å². The Bertz CT molecular complexity index is 246. The molecule has 0 amide bonds. The molecule has 0 bridgehead atoms. The van der Waals surface area contributed by atoms with Gasteiger partial charge in [0.2, 0.25) is 0 Å². The Balaban J connectivity index is 4.03. The van der Waals surface area contributed by atoms with Gasteiger partial charge in [0.1, 0.15) is 0 Å². The van der Waals surface area contributed by atoms with Crippen molar-refractivity contribution in [1.82, 2.24) is 9.80 Å². The minimum Gasteiger partial charge on any atom is -0.480 e. The Hall–Kier alpha value is -0.950. The molecule has 1 unspecified atom stereocenters.